The van der Waals surface area contributed by atoms with Gasteiger partial charge in [0.1, 0.15) is 5.82 Å². The average molecular weight is 340 g/mol. The average Bonchev–Trinajstić information content (AvgIpc) is 2.99. The number of hydrogen-bond acceptors (Lipinski definition) is 3. The van der Waals surface area contributed by atoms with Gasteiger partial charge in [0.15, 0.2) is 5.11 Å². The molecule has 0 aliphatic carbocycles. The van der Waals surface area contributed by atoms with Gasteiger partial charge in [0, 0.05) is 24.4 Å². The van der Waals surface area contributed by atoms with E-state index in [-0.39, 0.29) is 6.04 Å². The van der Waals surface area contributed by atoms with Crippen molar-refractivity contribution in [3.8, 4) is 11.4 Å². The van der Waals surface area contributed by atoms with Crippen LogP contribution in [0.5, 0.6) is 0 Å². The van der Waals surface area contributed by atoms with Crippen LogP contribution in [-0.4, -0.2) is 34.8 Å². The Hall–Kier alpha value is -2.44. The summed E-state index contributed by atoms with van der Waals surface area (Å²) in [5, 5.41) is 6.92. The quantitative estimate of drug-likeness (QED) is 0.620. The Morgan fingerprint density at radius 3 is 2.67 bits per heavy atom. The molecule has 3 N–H and O–H groups in total. The summed E-state index contributed by atoms with van der Waals surface area (Å²) in [6, 6.07) is 16.2. The summed E-state index contributed by atoms with van der Waals surface area (Å²) in [5.74, 6) is 0.858. The van der Waals surface area contributed by atoms with Crippen molar-refractivity contribution in [2.45, 2.75) is 13.0 Å². The predicted molar refractivity (Wildman–Crippen MR) is 102 cm³/mol. The Labute approximate surface area is 146 Å². The first-order chi connectivity index (χ1) is 11.7. The third-order valence-corrected chi connectivity index (χ3v) is 3.82. The number of H-pyrrole nitrogens is 1. The number of aromatic nitrogens is 2. The van der Waals surface area contributed by atoms with Crippen LogP contribution >= 0.6 is 12.2 Å². The van der Waals surface area contributed by atoms with E-state index in [1.807, 2.05) is 55.5 Å². The second-order valence-electron chi connectivity index (χ2n) is 5.63. The first-order valence-electron chi connectivity index (χ1n) is 7.77. The van der Waals surface area contributed by atoms with Crippen LogP contribution in [0.2, 0.25) is 0 Å². The van der Waals surface area contributed by atoms with Crippen molar-refractivity contribution >= 4 is 34.1 Å². The Bertz CT molecular complexity index is 795. The molecule has 0 bridgehead atoms. The topological polar surface area (TPSA) is 62.0 Å². The van der Waals surface area contributed by atoms with Gasteiger partial charge in [-0.25, -0.2) is 4.98 Å². The number of ether oxygens (including phenoxy) is 1. The maximum absolute atomic E-state index is 5.30. The van der Waals surface area contributed by atoms with Gasteiger partial charge in [0.05, 0.1) is 17.6 Å². The fourth-order valence-electron chi connectivity index (χ4n) is 2.48. The van der Waals surface area contributed by atoms with Gasteiger partial charge in [-0.1, -0.05) is 12.1 Å². The molecular weight excluding hydrogens is 320 g/mol. The van der Waals surface area contributed by atoms with Crippen molar-refractivity contribution in [1.29, 1.82) is 0 Å². The highest BCUT2D eigenvalue weighted by Crippen LogP contribution is 2.21. The third kappa shape index (κ3) is 3.90. The van der Waals surface area contributed by atoms with Crippen LogP contribution in [0.25, 0.3) is 22.4 Å². The predicted octanol–water partition coefficient (Wildman–Crippen LogP) is 3.55. The summed E-state index contributed by atoms with van der Waals surface area (Å²) in [4.78, 5) is 7.93. The van der Waals surface area contributed by atoms with Gasteiger partial charge in [-0.05, 0) is 55.5 Å². The van der Waals surface area contributed by atoms with Gasteiger partial charge in [0.25, 0.3) is 0 Å². The van der Waals surface area contributed by atoms with E-state index in [0.717, 1.165) is 28.1 Å². The van der Waals surface area contributed by atoms with E-state index in [1.165, 1.54) is 0 Å². The number of nitrogens with zero attached hydrogens (tertiary/aromatic N) is 1. The number of hydrogen-bond donors (Lipinski definition) is 3. The van der Waals surface area contributed by atoms with E-state index in [1.54, 1.807) is 7.11 Å². The molecule has 124 valence electrons. The zero-order valence-corrected chi connectivity index (χ0v) is 14.5. The summed E-state index contributed by atoms with van der Waals surface area (Å²) in [7, 11) is 1.67. The highest BCUT2D eigenvalue weighted by atomic mass is 32.1. The number of methoxy groups -OCH3 is 1. The molecule has 5 nitrogen and oxygen atoms in total. The maximum Gasteiger partial charge on any atom is 0.171 e. The first kappa shape index (κ1) is 16.4. The van der Waals surface area contributed by atoms with Gasteiger partial charge >= 0.3 is 0 Å². The molecule has 0 radical (unpaired) electrons. The van der Waals surface area contributed by atoms with Crippen LogP contribution in [0, 0.1) is 0 Å². The van der Waals surface area contributed by atoms with E-state index in [4.69, 9.17) is 17.0 Å². The van der Waals surface area contributed by atoms with Gasteiger partial charge in [-0.2, -0.15) is 0 Å². The Kier molecular flexibility index (Phi) is 5.08. The molecule has 0 spiro atoms. The molecule has 0 saturated heterocycles. The zero-order valence-electron chi connectivity index (χ0n) is 13.7. The van der Waals surface area contributed by atoms with Crippen molar-refractivity contribution in [3.05, 3.63) is 48.5 Å². The molecule has 24 heavy (non-hydrogen) atoms. The molecule has 1 unspecified atom stereocenters. The molecule has 0 aliphatic rings. The minimum absolute atomic E-state index is 0.157. The molecular formula is C18H20N4OS. The van der Waals surface area contributed by atoms with Crippen LogP contribution in [0.1, 0.15) is 6.92 Å². The summed E-state index contributed by atoms with van der Waals surface area (Å²) < 4.78 is 5.08. The van der Waals surface area contributed by atoms with E-state index in [9.17, 15) is 0 Å². The highest BCUT2D eigenvalue weighted by molar-refractivity contribution is 7.80. The Balaban J connectivity index is 1.68. The fraction of sp³-hybridized carbons (Fsp3) is 0.222. The molecule has 1 heterocycles. The largest absolute Gasteiger partial charge is 0.383 e. The van der Waals surface area contributed by atoms with E-state index in [2.05, 4.69) is 20.6 Å². The second-order valence-corrected chi connectivity index (χ2v) is 6.04. The van der Waals surface area contributed by atoms with Gasteiger partial charge in [0.2, 0.25) is 0 Å². The Morgan fingerprint density at radius 2 is 1.96 bits per heavy atom. The number of benzene rings is 2. The monoisotopic (exact) mass is 340 g/mol. The van der Waals surface area contributed by atoms with Crippen molar-refractivity contribution in [3.63, 3.8) is 0 Å². The standard InChI is InChI=1S/C18H20N4OS/c1-12(11-23-2)19-18(24)20-14-9-7-13(8-10-14)17-21-15-5-3-4-6-16(15)22-17/h3-10,12H,11H2,1-2H3,(H,21,22)(H2,19,20,24). The van der Waals surface area contributed by atoms with Crippen LogP contribution < -0.4 is 10.6 Å². The minimum Gasteiger partial charge on any atom is -0.383 e. The first-order valence-corrected chi connectivity index (χ1v) is 8.18. The molecule has 0 amide bonds. The van der Waals surface area contributed by atoms with Crippen LogP contribution in [0.4, 0.5) is 5.69 Å². The number of imidazole rings is 1. The summed E-state index contributed by atoms with van der Waals surface area (Å²) in [6.07, 6.45) is 0. The van der Waals surface area contributed by atoms with E-state index in [0.29, 0.717) is 11.7 Å². The number of anilines is 1. The fourth-order valence-corrected chi connectivity index (χ4v) is 2.80. The molecule has 3 aromatic rings. The lowest BCUT2D eigenvalue weighted by Crippen LogP contribution is -2.38. The van der Waals surface area contributed by atoms with E-state index >= 15 is 0 Å². The maximum atomic E-state index is 5.30. The third-order valence-electron chi connectivity index (χ3n) is 3.60. The molecule has 1 atom stereocenters. The summed E-state index contributed by atoms with van der Waals surface area (Å²) in [5.41, 5.74) is 3.96. The molecule has 1 aromatic heterocycles. The van der Waals surface area contributed by atoms with Crippen molar-refractivity contribution in [2.24, 2.45) is 0 Å². The Morgan fingerprint density at radius 1 is 1.21 bits per heavy atom. The molecule has 0 fully saturated rings. The molecule has 0 aliphatic heterocycles. The molecule has 2 aromatic carbocycles. The lowest BCUT2D eigenvalue weighted by molar-refractivity contribution is 0.179. The molecule has 0 saturated carbocycles. The smallest absolute Gasteiger partial charge is 0.171 e. The normalized spacial score (nSPS) is 12.1. The highest BCUT2D eigenvalue weighted by Gasteiger charge is 2.06. The second kappa shape index (κ2) is 7.42. The van der Waals surface area contributed by atoms with Crippen molar-refractivity contribution in [1.82, 2.24) is 15.3 Å². The number of para-hydroxylation sites is 2. The van der Waals surface area contributed by atoms with Gasteiger partial charge in [-0.15, -0.1) is 0 Å². The lowest BCUT2D eigenvalue weighted by Gasteiger charge is -2.16. The molecule has 3 rings (SSSR count). The van der Waals surface area contributed by atoms with Crippen LogP contribution in [0.15, 0.2) is 48.5 Å². The van der Waals surface area contributed by atoms with Crippen molar-refractivity contribution in [2.75, 3.05) is 19.0 Å². The van der Waals surface area contributed by atoms with E-state index < -0.39 is 0 Å². The lowest BCUT2D eigenvalue weighted by atomic mass is 10.2. The molecule has 6 heteroatoms. The van der Waals surface area contributed by atoms with Gasteiger partial charge in [-0.3, -0.25) is 0 Å². The van der Waals surface area contributed by atoms with Gasteiger partial charge < -0.3 is 20.4 Å². The number of thiocarbonyl (C=S) groups is 1. The minimum atomic E-state index is 0.157. The van der Waals surface area contributed by atoms with Crippen LogP contribution in [-0.2, 0) is 4.74 Å². The summed E-state index contributed by atoms with van der Waals surface area (Å²) in [6.45, 7) is 2.62. The zero-order chi connectivity index (χ0) is 16.9. The van der Waals surface area contributed by atoms with Crippen LogP contribution in [0.3, 0.4) is 0 Å². The van der Waals surface area contributed by atoms with Crippen molar-refractivity contribution < 1.29 is 4.74 Å². The number of fused-ring (bicyclic) bond motifs is 1. The number of rotatable bonds is 5. The SMILES string of the molecule is COCC(C)NC(=S)Nc1ccc(-c2nc3ccccc3[nH]2)cc1. The number of aromatic amines is 1. The summed E-state index contributed by atoms with van der Waals surface area (Å²) >= 11 is 5.30. The number of nitrogens with one attached hydrogen (secondary N) is 3.